The van der Waals surface area contributed by atoms with Crippen molar-refractivity contribution in [2.24, 2.45) is 0 Å². The van der Waals surface area contributed by atoms with Gasteiger partial charge >= 0.3 is 0 Å². The molecule has 0 saturated carbocycles. The number of rotatable bonds is 4. The third-order valence-electron chi connectivity index (χ3n) is 7.62. The highest BCUT2D eigenvalue weighted by Crippen LogP contribution is 2.41. The van der Waals surface area contributed by atoms with Crippen LogP contribution in [0.15, 0.2) is 54.6 Å². The Kier molecular flexibility index (Phi) is 5.74. The van der Waals surface area contributed by atoms with Crippen LogP contribution < -0.4 is 0 Å². The summed E-state index contributed by atoms with van der Waals surface area (Å²) in [6.45, 7) is 11.9. The van der Waals surface area contributed by atoms with Gasteiger partial charge in [0.15, 0.2) is 0 Å². The molecule has 0 radical (unpaired) electrons. The maximum atomic E-state index is 14.8. The fraction of sp³-hybridized carbons (Fsp3) is 0.333. The average molecular weight is 470 g/mol. The Hall–Kier alpha value is -3.47. The van der Waals surface area contributed by atoms with E-state index >= 15 is 0 Å². The monoisotopic (exact) mass is 469 g/mol. The van der Waals surface area contributed by atoms with Crippen LogP contribution in [0.1, 0.15) is 59.6 Å². The number of hydrogen-bond donors (Lipinski definition) is 0. The summed E-state index contributed by atoms with van der Waals surface area (Å²) in [6, 6.07) is 16.7. The summed E-state index contributed by atoms with van der Waals surface area (Å²) >= 11 is 0. The lowest BCUT2D eigenvalue weighted by Gasteiger charge is -2.35. The number of carbonyl (C=O) groups is 1. The molecule has 1 unspecified atom stereocenters. The van der Waals surface area contributed by atoms with Crippen molar-refractivity contribution >= 4 is 16.9 Å². The average Bonchev–Trinajstić information content (AvgIpc) is 3.40. The molecule has 0 N–H and O–H groups in total. The Labute approximate surface area is 206 Å². The molecule has 4 nitrogen and oxygen atoms in total. The van der Waals surface area contributed by atoms with Gasteiger partial charge in [0.25, 0.3) is 5.91 Å². The van der Waals surface area contributed by atoms with Crippen LogP contribution >= 0.6 is 0 Å². The number of halogens is 1. The van der Waals surface area contributed by atoms with Crippen LogP contribution in [-0.4, -0.2) is 26.9 Å². The third kappa shape index (κ3) is 3.74. The van der Waals surface area contributed by atoms with Gasteiger partial charge in [-0.25, -0.2) is 9.37 Å². The summed E-state index contributed by atoms with van der Waals surface area (Å²) < 4.78 is 17.0. The molecule has 0 spiro atoms. The Morgan fingerprint density at radius 3 is 2.51 bits per heavy atom. The molecular weight excluding hydrogens is 437 g/mol. The zero-order chi connectivity index (χ0) is 24.9. The van der Waals surface area contributed by atoms with Crippen LogP contribution in [0.2, 0.25) is 0 Å². The minimum Gasteiger partial charge on any atom is -0.326 e. The van der Waals surface area contributed by atoms with E-state index in [9.17, 15) is 9.18 Å². The van der Waals surface area contributed by atoms with E-state index in [1.807, 2.05) is 30.0 Å². The summed E-state index contributed by atoms with van der Waals surface area (Å²) in [5, 5.41) is 0. The van der Waals surface area contributed by atoms with Gasteiger partial charge < -0.3 is 9.47 Å². The first kappa shape index (κ1) is 23.3. The number of aromatic nitrogens is 2. The molecule has 4 aromatic rings. The highest BCUT2D eigenvalue weighted by atomic mass is 19.1. The first-order valence-electron chi connectivity index (χ1n) is 12.4. The van der Waals surface area contributed by atoms with Crippen LogP contribution in [0, 0.1) is 26.6 Å². The molecule has 2 heterocycles. The molecule has 1 fully saturated rings. The first-order chi connectivity index (χ1) is 16.7. The van der Waals surface area contributed by atoms with Gasteiger partial charge in [0.1, 0.15) is 11.6 Å². The summed E-state index contributed by atoms with van der Waals surface area (Å²) in [5.41, 5.74) is 6.55. The number of hydrogen-bond acceptors (Lipinski definition) is 2. The Bertz CT molecular complexity index is 1450. The van der Waals surface area contributed by atoms with Crippen LogP contribution in [-0.2, 0) is 12.1 Å². The summed E-state index contributed by atoms with van der Waals surface area (Å²) in [5.74, 6) is 0.521. The van der Waals surface area contributed by atoms with E-state index in [0.717, 1.165) is 41.8 Å². The maximum Gasteiger partial charge on any atom is 0.255 e. The smallest absolute Gasteiger partial charge is 0.255 e. The van der Waals surface area contributed by atoms with Gasteiger partial charge in [0.2, 0.25) is 0 Å². The standard InChI is InChI=1S/C30H32FN3O/c1-6-33-27-18-21(4)20(3)17-26(27)32-29(33)30(5)14-9-15-34(30)28(35)24-16-19(2)12-13-22(24)23-10-7-8-11-25(23)31/h7-8,10-13,16-18H,6,9,14-15H2,1-5H3. The van der Waals surface area contributed by atoms with E-state index in [1.165, 1.54) is 17.2 Å². The number of carbonyl (C=O) groups excluding carboxylic acids is 1. The minimum absolute atomic E-state index is 0.0750. The van der Waals surface area contributed by atoms with Crippen molar-refractivity contribution in [3.8, 4) is 11.1 Å². The van der Waals surface area contributed by atoms with E-state index in [4.69, 9.17) is 4.98 Å². The van der Waals surface area contributed by atoms with E-state index < -0.39 is 5.54 Å². The van der Waals surface area contributed by atoms with Gasteiger partial charge in [-0.1, -0.05) is 35.9 Å². The van der Waals surface area contributed by atoms with E-state index in [0.29, 0.717) is 23.2 Å². The molecule has 3 aromatic carbocycles. The molecule has 180 valence electrons. The highest BCUT2D eigenvalue weighted by molar-refractivity contribution is 6.01. The molecule has 0 bridgehead atoms. The van der Waals surface area contributed by atoms with Crippen molar-refractivity contribution < 1.29 is 9.18 Å². The second-order valence-corrected chi connectivity index (χ2v) is 9.97. The number of imidazole rings is 1. The largest absolute Gasteiger partial charge is 0.326 e. The summed E-state index contributed by atoms with van der Waals surface area (Å²) in [7, 11) is 0. The molecule has 1 aromatic heterocycles. The lowest BCUT2D eigenvalue weighted by Crippen LogP contribution is -2.44. The van der Waals surface area contributed by atoms with Gasteiger partial charge in [0, 0.05) is 24.2 Å². The van der Waals surface area contributed by atoms with E-state index in [-0.39, 0.29) is 11.7 Å². The molecule has 1 aliphatic rings. The summed E-state index contributed by atoms with van der Waals surface area (Å²) in [6.07, 6.45) is 1.73. The molecule has 0 aliphatic carbocycles. The maximum absolute atomic E-state index is 14.8. The fourth-order valence-corrected chi connectivity index (χ4v) is 5.53. The van der Waals surface area contributed by atoms with Gasteiger partial charge in [-0.2, -0.15) is 0 Å². The van der Waals surface area contributed by atoms with Gasteiger partial charge in [-0.05, 0) is 88.4 Å². The number of benzene rings is 3. The van der Waals surface area contributed by atoms with Crippen molar-refractivity contribution in [3.05, 3.63) is 88.5 Å². The molecule has 1 amide bonds. The topological polar surface area (TPSA) is 38.1 Å². The fourth-order valence-electron chi connectivity index (χ4n) is 5.53. The second-order valence-electron chi connectivity index (χ2n) is 9.97. The van der Waals surface area contributed by atoms with Crippen molar-refractivity contribution in [2.45, 2.75) is 59.5 Å². The number of nitrogens with zero attached hydrogens (tertiary/aromatic N) is 3. The van der Waals surface area contributed by atoms with Crippen LogP contribution in [0.4, 0.5) is 4.39 Å². The second kappa shape index (κ2) is 8.63. The molecule has 1 aliphatic heterocycles. The van der Waals surface area contributed by atoms with Gasteiger partial charge in [-0.3, -0.25) is 4.79 Å². The predicted octanol–water partition coefficient (Wildman–Crippen LogP) is 6.94. The van der Waals surface area contributed by atoms with Crippen molar-refractivity contribution in [2.75, 3.05) is 6.54 Å². The molecule has 5 rings (SSSR count). The number of aryl methyl sites for hydroxylation is 4. The molecular formula is C30H32FN3O. The Balaban J connectivity index is 1.64. The van der Waals surface area contributed by atoms with Gasteiger partial charge in [-0.15, -0.1) is 0 Å². The number of likely N-dealkylation sites (tertiary alicyclic amines) is 1. The normalized spacial score (nSPS) is 17.9. The minimum atomic E-state index is -0.551. The van der Waals surface area contributed by atoms with Gasteiger partial charge in [0.05, 0.1) is 16.6 Å². The third-order valence-corrected chi connectivity index (χ3v) is 7.62. The van der Waals surface area contributed by atoms with Crippen molar-refractivity contribution in [3.63, 3.8) is 0 Å². The Morgan fingerprint density at radius 1 is 1.03 bits per heavy atom. The molecule has 1 atom stereocenters. The van der Waals surface area contributed by atoms with E-state index in [1.54, 1.807) is 18.2 Å². The number of fused-ring (bicyclic) bond motifs is 1. The zero-order valence-corrected chi connectivity index (χ0v) is 21.2. The first-order valence-corrected chi connectivity index (χ1v) is 12.4. The zero-order valence-electron chi connectivity index (χ0n) is 21.2. The molecule has 5 heteroatoms. The van der Waals surface area contributed by atoms with Crippen molar-refractivity contribution in [1.82, 2.24) is 14.5 Å². The lowest BCUT2D eigenvalue weighted by molar-refractivity contribution is 0.0599. The highest BCUT2D eigenvalue weighted by Gasteiger charge is 2.45. The Morgan fingerprint density at radius 2 is 1.77 bits per heavy atom. The molecule has 35 heavy (non-hydrogen) atoms. The molecule has 1 saturated heterocycles. The van der Waals surface area contributed by atoms with Crippen LogP contribution in [0.25, 0.3) is 22.2 Å². The van der Waals surface area contributed by atoms with Crippen LogP contribution in [0.3, 0.4) is 0 Å². The van der Waals surface area contributed by atoms with E-state index in [2.05, 4.69) is 44.4 Å². The number of amides is 1. The quantitative estimate of drug-likeness (QED) is 0.325. The summed E-state index contributed by atoms with van der Waals surface area (Å²) in [4.78, 5) is 21.2. The SMILES string of the molecule is CCn1c(C2(C)CCCN2C(=O)c2cc(C)ccc2-c2ccccc2F)nc2cc(C)c(C)cc21. The van der Waals surface area contributed by atoms with Crippen LogP contribution in [0.5, 0.6) is 0 Å². The predicted molar refractivity (Wildman–Crippen MR) is 139 cm³/mol. The van der Waals surface area contributed by atoms with Crippen molar-refractivity contribution in [1.29, 1.82) is 0 Å². The lowest BCUT2D eigenvalue weighted by atomic mass is 9.93.